The van der Waals surface area contributed by atoms with Gasteiger partial charge in [-0.25, -0.2) is 8.42 Å². The lowest BCUT2D eigenvalue weighted by atomic mass is 10.1. The molecular formula is C14H15N3O5S3. The highest BCUT2D eigenvalue weighted by Crippen LogP contribution is 2.24. The average molecular weight is 401 g/mol. The van der Waals surface area contributed by atoms with Crippen LogP contribution in [0.3, 0.4) is 0 Å². The Morgan fingerprint density at radius 2 is 2.24 bits per heavy atom. The first-order chi connectivity index (χ1) is 11.9. The van der Waals surface area contributed by atoms with Gasteiger partial charge in [-0.05, 0) is 23.8 Å². The van der Waals surface area contributed by atoms with Crippen molar-refractivity contribution in [2.45, 2.75) is 18.1 Å². The summed E-state index contributed by atoms with van der Waals surface area (Å²) in [6.45, 7) is 0. The molecular weight excluding hydrogens is 386 g/mol. The van der Waals surface area contributed by atoms with Crippen molar-refractivity contribution in [3.63, 3.8) is 0 Å². The predicted octanol–water partition coefficient (Wildman–Crippen LogP) is 1.16. The van der Waals surface area contributed by atoms with Crippen molar-refractivity contribution in [1.82, 2.24) is 15.5 Å². The number of carbonyl (C=O) groups is 2. The molecule has 1 atom stereocenters. The van der Waals surface area contributed by atoms with Crippen molar-refractivity contribution in [3.8, 4) is 0 Å². The molecule has 11 heteroatoms. The Bertz CT molecular complexity index is 860. The molecule has 2 amide bonds. The van der Waals surface area contributed by atoms with Crippen molar-refractivity contribution in [2.24, 2.45) is 5.92 Å². The molecule has 0 bridgehead atoms. The van der Waals surface area contributed by atoms with Crippen LogP contribution in [0.2, 0.25) is 0 Å². The number of imide groups is 1. The molecule has 2 aromatic heterocycles. The van der Waals surface area contributed by atoms with Crippen LogP contribution in [0.15, 0.2) is 27.2 Å². The van der Waals surface area contributed by atoms with E-state index < -0.39 is 21.7 Å². The number of thioether (sulfide) groups is 1. The van der Waals surface area contributed by atoms with Gasteiger partial charge >= 0.3 is 0 Å². The zero-order valence-corrected chi connectivity index (χ0v) is 15.5. The van der Waals surface area contributed by atoms with E-state index >= 15 is 0 Å². The van der Waals surface area contributed by atoms with Crippen LogP contribution in [0.4, 0.5) is 0 Å². The number of nitrogens with zero attached hydrogens (tertiary/aromatic N) is 2. The lowest BCUT2D eigenvalue weighted by molar-refractivity contribution is -0.117. The SMILES string of the molecule is O=C(CSc1nnc(C[C@H]2CCS(=O)(=O)C2)o1)NC(=O)c1cccs1. The van der Waals surface area contributed by atoms with E-state index in [1.54, 1.807) is 17.5 Å². The minimum absolute atomic E-state index is 0.00461. The Morgan fingerprint density at radius 1 is 1.40 bits per heavy atom. The lowest BCUT2D eigenvalue weighted by Gasteiger charge is -2.02. The standard InChI is InChI=1S/C14H15N3O5S3/c18-11(15-13(19)10-2-1-4-23-10)7-24-14-17-16-12(22-14)6-9-3-5-25(20,21)8-9/h1-2,4,9H,3,5-8H2,(H,15,18,19)/t9-/m1/s1. The Balaban J connectivity index is 1.45. The zero-order valence-electron chi connectivity index (χ0n) is 13.0. The minimum Gasteiger partial charge on any atom is -0.416 e. The van der Waals surface area contributed by atoms with Gasteiger partial charge in [0.05, 0.1) is 22.1 Å². The number of hydrogen-bond donors (Lipinski definition) is 1. The zero-order chi connectivity index (χ0) is 17.9. The van der Waals surface area contributed by atoms with Crippen LogP contribution in [0, 0.1) is 5.92 Å². The van der Waals surface area contributed by atoms with Crippen molar-refractivity contribution >= 4 is 44.8 Å². The largest absolute Gasteiger partial charge is 0.416 e. The molecule has 1 saturated heterocycles. The Kier molecular flexibility index (Phi) is 5.54. The lowest BCUT2D eigenvalue weighted by Crippen LogP contribution is -2.31. The van der Waals surface area contributed by atoms with E-state index in [1.807, 2.05) is 0 Å². The third kappa shape index (κ3) is 5.13. The van der Waals surface area contributed by atoms with E-state index in [9.17, 15) is 18.0 Å². The summed E-state index contributed by atoms with van der Waals surface area (Å²) in [7, 11) is -2.94. The fourth-order valence-corrected chi connectivity index (χ4v) is 5.48. The van der Waals surface area contributed by atoms with Gasteiger partial charge in [-0.1, -0.05) is 17.8 Å². The number of thiophene rings is 1. The summed E-state index contributed by atoms with van der Waals surface area (Å²) in [6, 6.07) is 3.36. The summed E-state index contributed by atoms with van der Waals surface area (Å²) in [5.74, 6) is -0.220. The van der Waals surface area contributed by atoms with Gasteiger partial charge in [0.15, 0.2) is 9.84 Å². The summed E-state index contributed by atoms with van der Waals surface area (Å²) in [5, 5.41) is 12.0. The molecule has 1 N–H and O–H groups in total. The highest BCUT2D eigenvalue weighted by Gasteiger charge is 2.29. The molecule has 0 radical (unpaired) electrons. The molecule has 25 heavy (non-hydrogen) atoms. The Morgan fingerprint density at radius 3 is 2.92 bits per heavy atom. The molecule has 1 fully saturated rings. The number of nitrogens with one attached hydrogen (secondary N) is 1. The van der Waals surface area contributed by atoms with Crippen molar-refractivity contribution in [2.75, 3.05) is 17.3 Å². The highest BCUT2D eigenvalue weighted by atomic mass is 32.2. The Hall–Kier alpha value is -1.72. The van der Waals surface area contributed by atoms with Crippen LogP contribution in [-0.4, -0.2) is 47.7 Å². The summed E-state index contributed by atoms with van der Waals surface area (Å²) in [5.41, 5.74) is 0. The maximum absolute atomic E-state index is 11.8. The summed E-state index contributed by atoms with van der Waals surface area (Å²) < 4.78 is 28.3. The number of sulfone groups is 1. The van der Waals surface area contributed by atoms with Crippen molar-refractivity contribution < 1.29 is 22.4 Å². The van der Waals surface area contributed by atoms with Gasteiger partial charge in [-0.3, -0.25) is 14.9 Å². The number of aromatic nitrogens is 2. The third-order valence-corrected chi connectivity index (χ3v) is 7.09. The van der Waals surface area contributed by atoms with Crippen LogP contribution in [0.1, 0.15) is 22.0 Å². The van der Waals surface area contributed by atoms with E-state index in [1.165, 1.54) is 11.3 Å². The van der Waals surface area contributed by atoms with Gasteiger partial charge in [0, 0.05) is 6.42 Å². The summed E-state index contributed by atoms with van der Waals surface area (Å²) in [4.78, 5) is 24.0. The average Bonchev–Trinajstić information content (AvgIpc) is 3.27. The smallest absolute Gasteiger partial charge is 0.277 e. The summed E-state index contributed by atoms with van der Waals surface area (Å²) in [6.07, 6.45) is 1.01. The first-order valence-electron chi connectivity index (χ1n) is 7.44. The first kappa shape index (κ1) is 18.1. The van der Waals surface area contributed by atoms with Crippen LogP contribution >= 0.6 is 23.1 Å². The van der Waals surface area contributed by atoms with Crippen LogP contribution in [-0.2, 0) is 21.1 Å². The maximum atomic E-state index is 11.8. The molecule has 134 valence electrons. The first-order valence-corrected chi connectivity index (χ1v) is 11.1. The quantitative estimate of drug-likeness (QED) is 0.716. The second-order valence-corrected chi connectivity index (χ2v) is 9.68. The fraction of sp³-hybridized carbons (Fsp3) is 0.429. The monoisotopic (exact) mass is 401 g/mol. The van der Waals surface area contributed by atoms with Crippen molar-refractivity contribution in [1.29, 1.82) is 0 Å². The topological polar surface area (TPSA) is 119 Å². The van der Waals surface area contributed by atoms with E-state index in [2.05, 4.69) is 15.5 Å². The van der Waals surface area contributed by atoms with E-state index in [0.717, 1.165) is 11.8 Å². The fourth-order valence-electron chi connectivity index (χ4n) is 2.42. The molecule has 2 aromatic rings. The molecule has 3 rings (SSSR count). The van der Waals surface area contributed by atoms with E-state index in [4.69, 9.17) is 4.42 Å². The normalized spacial score (nSPS) is 19.0. The van der Waals surface area contributed by atoms with Crippen LogP contribution in [0.25, 0.3) is 0 Å². The number of carbonyl (C=O) groups excluding carboxylic acids is 2. The van der Waals surface area contributed by atoms with Gasteiger partial charge in [-0.15, -0.1) is 21.5 Å². The molecule has 0 saturated carbocycles. The van der Waals surface area contributed by atoms with Crippen LogP contribution < -0.4 is 5.32 Å². The number of rotatable bonds is 6. The predicted molar refractivity (Wildman–Crippen MR) is 92.3 cm³/mol. The van der Waals surface area contributed by atoms with Gasteiger partial charge in [0.1, 0.15) is 0 Å². The molecule has 0 spiro atoms. The second kappa shape index (κ2) is 7.67. The van der Waals surface area contributed by atoms with E-state index in [0.29, 0.717) is 23.6 Å². The highest BCUT2D eigenvalue weighted by molar-refractivity contribution is 7.99. The Labute approximate surface area is 152 Å². The van der Waals surface area contributed by atoms with Gasteiger partial charge in [0.25, 0.3) is 11.1 Å². The molecule has 1 aliphatic rings. The molecule has 1 aliphatic heterocycles. The molecule has 3 heterocycles. The van der Waals surface area contributed by atoms with Gasteiger partial charge in [-0.2, -0.15) is 0 Å². The van der Waals surface area contributed by atoms with Gasteiger partial charge in [0.2, 0.25) is 11.8 Å². The second-order valence-electron chi connectivity index (χ2n) is 5.58. The molecule has 8 nitrogen and oxygen atoms in total. The van der Waals surface area contributed by atoms with Gasteiger partial charge < -0.3 is 4.42 Å². The van der Waals surface area contributed by atoms with Crippen molar-refractivity contribution in [3.05, 3.63) is 28.3 Å². The third-order valence-electron chi connectivity index (χ3n) is 3.56. The molecule has 0 aromatic carbocycles. The minimum atomic E-state index is -2.94. The number of amides is 2. The van der Waals surface area contributed by atoms with Crippen LogP contribution in [0.5, 0.6) is 0 Å². The molecule has 0 aliphatic carbocycles. The molecule has 0 unspecified atom stereocenters. The summed E-state index contributed by atoms with van der Waals surface area (Å²) >= 11 is 2.28. The number of hydrogen-bond acceptors (Lipinski definition) is 9. The maximum Gasteiger partial charge on any atom is 0.277 e. The van der Waals surface area contributed by atoms with E-state index in [-0.39, 0.29) is 28.4 Å².